The molecule has 0 atom stereocenters. The predicted octanol–water partition coefficient (Wildman–Crippen LogP) is 2.97. The van der Waals surface area contributed by atoms with Crippen LogP contribution in [-0.2, 0) is 0 Å². The van der Waals surface area contributed by atoms with Crippen LogP contribution < -0.4 is 0 Å². The first kappa shape index (κ1) is 10.5. The number of imidazole rings is 2. The highest BCUT2D eigenvalue weighted by Gasteiger charge is 2.02. The Kier molecular flexibility index (Phi) is 2.75. The summed E-state index contributed by atoms with van der Waals surface area (Å²) in [7, 11) is 0. The highest BCUT2D eigenvalue weighted by Crippen LogP contribution is 2.11. The van der Waals surface area contributed by atoms with Crippen molar-refractivity contribution in [1.29, 1.82) is 0 Å². The number of benzene rings is 1. The lowest BCUT2D eigenvalue weighted by Crippen LogP contribution is -1.82. The Bertz CT molecular complexity index is 636. The first-order chi connectivity index (χ1) is 8.92. The number of hydrogen-bond acceptors (Lipinski definition) is 2. The Labute approximate surface area is 104 Å². The van der Waals surface area contributed by atoms with Gasteiger partial charge in [-0.05, 0) is 11.6 Å². The lowest BCUT2D eigenvalue weighted by Gasteiger charge is -1.90. The SMILES string of the molecule is C(=Cc1cnc(-c2ncc[nH]2)[nH]1)c1ccccc1. The molecule has 0 saturated heterocycles. The van der Waals surface area contributed by atoms with Gasteiger partial charge in [0.05, 0.1) is 11.9 Å². The van der Waals surface area contributed by atoms with E-state index in [4.69, 9.17) is 0 Å². The van der Waals surface area contributed by atoms with E-state index in [1.165, 1.54) is 0 Å². The second-order valence-electron chi connectivity index (χ2n) is 3.87. The fraction of sp³-hybridized carbons (Fsp3) is 0. The summed E-state index contributed by atoms with van der Waals surface area (Å²) in [6.07, 6.45) is 9.31. The number of nitrogens with zero attached hydrogens (tertiary/aromatic N) is 2. The summed E-state index contributed by atoms with van der Waals surface area (Å²) in [6, 6.07) is 10.1. The molecule has 0 bridgehead atoms. The number of aromatic nitrogens is 4. The molecule has 0 aliphatic heterocycles. The molecule has 1 aromatic carbocycles. The maximum atomic E-state index is 4.27. The molecule has 0 amide bonds. The van der Waals surface area contributed by atoms with E-state index in [9.17, 15) is 0 Å². The summed E-state index contributed by atoms with van der Waals surface area (Å²) in [4.78, 5) is 14.6. The van der Waals surface area contributed by atoms with Crippen LogP contribution in [0.15, 0.2) is 48.9 Å². The van der Waals surface area contributed by atoms with Crippen LogP contribution in [0.3, 0.4) is 0 Å². The van der Waals surface area contributed by atoms with Crippen molar-refractivity contribution in [3.05, 3.63) is 60.2 Å². The van der Waals surface area contributed by atoms with Crippen LogP contribution in [0.4, 0.5) is 0 Å². The summed E-state index contributed by atoms with van der Waals surface area (Å²) in [5.41, 5.74) is 2.11. The van der Waals surface area contributed by atoms with Crippen LogP contribution >= 0.6 is 0 Å². The third-order valence-electron chi connectivity index (χ3n) is 2.57. The van der Waals surface area contributed by atoms with Gasteiger partial charge in [-0.2, -0.15) is 0 Å². The number of H-pyrrole nitrogens is 2. The van der Waals surface area contributed by atoms with Gasteiger partial charge in [0, 0.05) is 12.4 Å². The van der Waals surface area contributed by atoms with E-state index in [0.717, 1.165) is 22.9 Å². The van der Waals surface area contributed by atoms with Gasteiger partial charge in [-0.1, -0.05) is 36.4 Å². The average molecular weight is 236 g/mol. The summed E-state index contributed by atoms with van der Waals surface area (Å²) in [6.45, 7) is 0. The van der Waals surface area contributed by atoms with E-state index in [-0.39, 0.29) is 0 Å². The topological polar surface area (TPSA) is 57.4 Å². The summed E-state index contributed by atoms with van der Waals surface area (Å²) < 4.78 is 0. The molecular weight excluding hydrogens is 224 g/mol. The van der Waals surface area contributed by atoms with Crippen molar-refractivity contribution in [3.63, 3.8) is 0 Å². The van der Waals surface area contributed by atoms with Crippen molar-refractivity contribution in [2.45, 2.75) is 0 Å². The van der Waals surface area contributed by atoms with Gasteiger partial charge in [0.15, 0.2) is 11.6 Å². The maximum absolute atomic E-state index is 4.27. The van der Waals surface area contributed by atoms with Gasteiger partial charge < -0.3 is 9.97 Å². The van der Waals surface area contributed by atoms with Crippen molar-refractivity contribution in [2.24, 2.45) is 0 Å². The Morgan fingerprint density at radius 1 is 0.944 bits per heavy atom. The van der Waals surface area contributed by atoms with Crippen molar-refractivity contribution in [3.8, 4) is 11.6 Å². The standard InChI is InChI=1S/C14H12N4/c1-2-4-11(5-3-1)6-7-12-10-17-14(18-12)13-15-8-9-16-13/h1-10H,(H,15,16)(H,17,18). The molecule has 0 unspecified atom stereocenters. The number of aromatic amines is 2. The van der Waals surface area contributed by atoms with E-state index in [1.807, 2.05) is 30.4 Å². The Hall–Kier alpha value is -2.62. The van der Waals surface area contributed by atoms with Crippen LogP contribution in [0.5, 0.6) is 0 Å². The second kappa shape index (κ2) is 4.71. The van der Waals surface area contributed by atoms with E-state index >= 15 is 0 Å². The molecule has 0 fully saturated rings. The van der Waals surface area contributed by atoms with Gasteiger partial charge in [-0.3, -0.25) is 0 Å². The Morgan fingerprint density at radius 2 is 1.83 bits per heavy atom. The van der Waals surface area contributed by atoms with Crippen molar-refractivity contribution >= 4 is 12.2 Å². The van der Waals surface area contributed by atoms with Gasteiger partial charge in [-0.25, -0.2) is 9.97 Å². The lowest BCUT2D eigenvalue weighted by atomic mass is 10.2. The molecule has 4 nitrogen and oxygen atoms in total. The van der Waals surface area contributed by atoms with E-state index in [2.05, 4.69) is 32.1 Å². The van der Waals surface area contributed by atoms with Gasteiger partial charge in [0.25, 0.3) is 0 Å². The minimum atomic E-state index is 0.743. The third-order valence-corrected chi connectivity index (χ3v) is 2.57. The van der Waals surface area contributed by atoms with Crippen molar-refractivity contribution in [2.75, 3.05) is 0 Å². The maximum Gasteiger partial charge on any atom is 0.174 e. The minimum absolute atomic E-state index is 0.743. The Balaban J connectivity index is 1.80. The molecule has 0 aliphatic carbocycles. The number of hydrogen-bond donors (Lipinski definition) is 2. The first-order valence-corrected chi connectivity index (χ1v) is 5.70. The fourth-order valence-electron chi connectivity index (χ4n) is 1.69. The summed E-state index contributed by atoms with van der Waals surface area (Å²) in [5, 5.41) is 0. The normalized spacial score (nSPS) is 11.1. The molecule has 3 aromatic rings. The molecule has 0 aliphatic rings. The largest absolute Gasteiger partial charge is 0.342 e. The molecule has 0 radical (unpaired) electrons. The van der Waals surface area contributed by atoms with Gasteiger partial charge in [0.2, 0.25) is 0 Å². The second-order valence-corrected chi connectivity index (χ2v) is 3.87. The van der Waals surface area contributed by atoms with Crippen LogP contribution in [-0.4, -0.2) is 19.9 Å². The third kappa shape index (κ3) is 2.22. The summed E-state index contributed by atoms with van der Waals surface area (Å²) >= 11 is 0. The molecule has 3 rings (SSSR count). The molecule has 18 heavy (non-hydrogen) atoms. The highest BCUT2D eigenvalue weighted by molar-refractivity contribution is 5.68. The zero-order valence-electron chi connectivity index (χ0n) is 9.67. The number of rotatable bonds is 3. The average Bonchev–Trinajstić information content (AvgIpc) is 3.08. The first-order valence-electron chi connectivity index (χ1n) is 5.70. The zero-order chi connectivity index (χ0) is 12.2. The van der Waals surface area contributed by atoms with E-state index < -0.39 is 0 Å². The fourth-order valence-corrected chi connectivity index (χ4v) is 1.69. The van der Waals surface area contributed by atoms with Gasteiger partial charge >= 0.3 is 0 Å². The van der Waals surface area contributed by atoms with Crippen LogP contribution in [0.1, 0.15) is 11.3 Å². The zero-order valence-corrected chi connectivity index (χ0v) is 9.67. The number of nitrogens with one attached hydrogen (secondary N) is 2. The van der Waals surface area contributed by atoms with E-state index in [0.29, 0.717) is 0 Å². The van der Waals surface area contributed by atoms with Crippen molar-refractivity contribution < 1.29 is 0 Å². The molecule has 0 saturated carbocycles. The Morgan fingerprint density at radius 3 is 2.61 bits per heavy atom. The van der Waals surface area contributed by atoms with Crippen molar-refractivity contribution in [1.82, 2.24) is 19.9 Å². The quantitative estimate of drug-likeness (QED) is 0.734. The molecule has 0 spiro atoms. The van der Waals surface area contributed by atoms with Crippen LogP contribution in [0.25, 0.3) is 23.8 Å². The molecule has 2 N–H and O–H groups in total. The van der Waals surface area contributed by atoms with Gasteiger partial charge in [0.1, 0.15) is 0 Å². The molecule has 2 aromatic heterocycles. The molecule has 2 heterocycles. The predicted molar refractivity (Wildman–Crippen MR) is 71.5 cm³/mol. The monoisotopic (exact) mass is 236 g/mol. The molecular formula is C14H12N4. The van der Waals surface area contributed by atoms with Gasteiger partial charge in [-0.15, -0.1) is 0 Å². The molecule has 4 heteroatoms. The van der Waals surface area contributed by atoms with Crippen LogP contribution in [0.2, 0.25) is 0 Å². The minimum Gasteiger partial charge on any atom is -0.342 e. The summed E-state index contributed by atoms with van der Waals surface area (Å²) in [5.74, 6) is 1.49. The van der Waals surface area contributed by atoms with Crippen LogP contribution in [0, 0.1) is 0 Å². The van der Waals surface area contributed by atoms with E-state index in [1.54, 1.807) is 18.6 Å². The lowest BCUT2D eigenvalue weighted by molar-refractivity contribution is 1.19. The molecule has 88 valence electrons. The highest BCUT2D eigenvalue weighted by atomic mass is 15.0. The smallest absolute Gasteiger partial charge is 0.174 e.